The summed E-state index contributed by atoms with van der Waals surface area (Å²) in [6, 6.07) is 0. The maximum absolute atomic E-state index is 12.2. The fraction of sp³-hybridized carbons (Fsp3) is 0.902. The van der Waals surface area contributed by atoms with Gasteiger partial charge >= 0.3 is 11.9 Å². The minimum Gasteiger partial charge on any atom is -0.462 e. The van der Waals surface area contributed by atoms with Crippen molar-refractivity contribution in [3.05, 3.63) is 12.2 Å². The van der Waals surface area contributed by atoms with E-state index in [9.17, 15) is 14.7 Å². The molecule has 5 nitrogen and oxygen atoms in total. The zero-order valence-corrected chi connectivity index (χ0v) is 30.9. The normalized spacial score (nSPS) is 12.2. The predicted octanol–water partition coefficient (Wildman–Crippen LogP) is 12.5. The minimum absolute atomic E-state index is 0.0622. The van der Waals surface area contributed by atoms with Crippen molar-refractivity contribution < 1.29 is 24.2 Å². The molecule has 0 fully saturated rings. The van der Waals surface area contributed by atoms with Gasteiger partial charge in [-0.05, 0) is 38.5 Å². The Morgan fingerprint density at radius 2 is 0.804 bits per heavy atom. The SMILES string of the molecule is CCCCCCC=CCCCCCCCCCC(=O)OC[C@H](CO)OC(=O)CCCCCCCCCCCCCCCCCCC. The van der Waals surface area contributed by atoms with Crippen LogP contribution in [0.3, 0.4) is 0 Å². The molecule has 1 atom stereocenters. The number of hydrogen-bond donors (Lipinski definition) is 1. The number of unbranched alkanes of at least 4 members (excludes halogenated alkanes) is 27. The molecule has 0 heterocycles. The van der Waals surface area contributed by atoms with Crippen molar-refractivity contribution in [3.8, 4) is 0 Å². The van der Waals surface area contributed by atoms with Gasteiger partial charge in [-0.25, -0.2) is 0 Å². The molecule has 0 amide bonds. The zero-order valence-electron chi connectivity index (χ0n) is 30.9. The van der Waals surface area contributed by atoms with Crippen molar-refractivity contribution in [2.24, 2.45) is 0 Å². The quantitative estimate of drug-likeness (QED) is 0.0411. The largest absolute Gasteiger partial charge is 0.462 e. The number of carbonyl (C=O) groups excluding carboxylic acids is 2. The Morgan fingerprint density at radius 1 is 0.478 bits per heavy atom. The summed E-state index contributed by atoms with van der Waals surface area (Å²) in [5, 5.41) is 9.55. The van der Waals surface area contributed by atoms with Crippen LogP contribution in [-0.4, -0.2) is 36.4 Å². The van der Waals surface area contributed by atoms with Gasteiger partial charge in [0, 0.05) is 12.8 Å². The van der Waals surface area contributed by atoms with E-state index in [2.05, 4.69) is 26.0 Å². The van der Waals surface area contributed by atoms with Crippen molar-refractivity contribution in [2.45, 2.75) is 225 Å². The number of aliphatic hydroxyl groups is 1. The molecule has 0 radical (unpaired) electrons. The van der Waals surface area contributed by atoms with Gasteiger partial charge < -0.3 is 14.6 Å². The highest BCUT2D eigenvalue weighted by atomic mass is 16.6. The Balaban J connectivity index is 3.51. The topological polar surface area (TPSA) is 72.8 Å². The summed E-state index contributed by atoms with van der Waals surface area (Å²) in [5.41, 5.74) is 0. The molecule has 5 heteroatoms. The lowest BCUT2D eigenvalue weighted by Crippen LogP contribution is -2.28. The highest BCUT2D eigenvalue weighted by molar-refractivity contribution is 5.70. The molecule has 0 rings (SSSR count). The third-order valence-corrected chi connectivity index (χ3v) is 9.06. The number of allylic oxidation sites excluding steroid dienone is 2. The van der Waals surface area contributed by atoms with Gasteiger partial charge in [0.15, 0.2) is 6.10 Å². The van der Waals surface area contributed by atoms with Gasteiger partial charge in [-0.3, -0.25) is 9.59 Å². The lowest BCUT2D eigenvalue weighted by Gasteiger charge is -2.15. The summed E-state index contributed by atoms with van der Waals surface area (Å²) >= 11 is 0. The standard InChI is InChI=1S/C41H78O5/c1-3-5-7-9-11-13-15-17-19-20-22-24-26-28-30-32-34-36-41(44)46-39(37-42)38-45-40(43)35-33-31-29-27-25-23-21-18-16-14-12-10-8-6-4-2/h14,16,39,42H,3-13,15,17-38H2,1-2H3/t39-/m0/s1. The molecule has 0 aromatic carbocycles. The Labute approximate surface area is 286 Å². The molecular weight excluding hydrogens is 572 g/mol. The van der Waals surface area contributed by atoms with E-state index in [0.29, 0.717) is 12.8 Å². The van der Waals surface area contributed by atoms with Crippen molar-refractivity contribution in [1.29, 1.82) is 0 Å². The van der Waals surface area contributed by atoms with Crippen LogP contribution < -0.4 is 0 Å². The highest BCUT2D eigenvalue weighted by Crippen LogP contribution is 2.15. The van der Waals surface area contributed by atoms with Crippen LogP contribution in [0.15, 0.2) is 12.2 Å². The average Bonchev–Trinajstić information content (AvgIpc) is 3.06. The molecule has 0 aromatic heterocycles. The van der Waals surface area contributed by atoms with E-state index in [1.807, 2.05) is 0 Å². The van der Waals surface area contributed by atoms with Crippen LogP contribution in [-0.2, 0) is 19.1 Å². The Kier molecular flexibility index (Phi) is 37.0. The number of rotatable bonds is 37. The molecule has 0 aromatic rings. The minimum atomic E-state index is -0.766. The Morgan fingerprint density at radius 3 is 1.20 bits per heavy atom. The van der Waals surface area contributed by atoms with Gasteiger partial charge in [-0.2, -0.15) is 0 Å². The van der Waals surface area contributed by atoms with E-state index in [-0.39, 0.29) is 25.2 Å². The van der Waals surface area contributed by atoms with E-state index in [4.69, 9.17) is 9.47 Å². The van der Waals surface area contributed by atoms with Crippen LogP contribution in [0.5, 0.6) is 0 Å². The molecular formula is C41H78O5. The van der Waals surface area contributed by atoms with Crippen molar-refractivity contribution in [3.63, 3.8) is 0 Å². The lowest BCUT2D eigenvalue weighted by atomic mass is 10.0. The van der Waals surface area contributed by atoms with Crippen LogP contribution >= 0.6 is 0 Å². The molecule has 0 bridgehead atoms. The summed E-state index contributed by atoms with van der Waals surface area (Å²) in [7, 11) is 0. The molecule has 1 N–H and O–H groups in total. The molecule has 272 valence electrons. The third kappa shape index (κ3) is 35.5. The van der Waals surface area contributed by atoms with Crippen LogP contribution in [0.4, 0.5) is 0 Å². The monoisotopic (exact) mass is 651 g/mol. The number of esters is 2. The summed E-state index contributed by atoms with van der Waals surface area (Å²) < 4.78 is 10.6. The van der Waals surface area contributed by atoms with Crippen LogP contribution in [0.2, 0.25) is 0 Å². The fourth-order valence-corrected chi connectivity index (χ4v) is 5.96. The second-order valence-corrected chi connectivity index (χ2v) is 13.7. The van der Waals surface area contributed by atoms with Gasteiger partial charge in [0.1, 0.15) is 6.61 Å². The number of ether oxygens (including phenoxy) is 2. The first-order valence-electron chi connectivity index (χ1n) is 20.2. The average molecular weight is 651 g/mol. The Hall–Kier alpha value is -1.36. The van der Waals surface area contributed by atoms with Gasteiger partial charge in [0.2, 0.25) is 0 Å². The third-order valence-electron chi connectivity index (χ3n) is 9.06. The summed E-state index contributed by atoms with van der Waals surface area (Å²) in [6.45, 7) is 4.14. The molecule has 46 heavy (non-hydrogen) atoms. The highest BCUT2D eigenvalue weighted by Gasteiger charge is 2.16. The number of aliphatic hydroxyl groups excluding tert-OH is 1. The van der Waals surface area contributed by atoms with Crippen LogP contribution in [0, 0.1) is 0 Å². The van der Waals surface area contributed by atoms with Crippen LogP contribution in [0.25, 0.3) is 0 Å². The smallest absolute Gasteiger partial charge is 0.306 e. The first kappa shape index (κ1) is 44.6. The lowest BCUT2D eigenvalue weighted by molar-refractivity contribution is -0.161. The summed E-state index contributed by atoms with van der Waals surface area (Å²) in [6.07, 6.45) is 42.7. The first-order chi connectivity index (χ1) is 22.6. The van der Waals surface area contributed by atoms with E-state index in [1.54, 1.807) is 0 Å². The van der Waals surface area contributed by atoms with Gasteiger partial charge in [0.05, 0.1) is 6.61 Å². The predicted molar refractivity (Wildman–Crippen MR) is 196 cm³/mol. The molecule has 0 aliphatic heterocycles. The second-order valence-electron chi connectivity index (χ2n) is 13.7. The van der Waals surface area contributed by atoms with E-state index in [0.717, 1.165) is 38.5 Å². The van der Waals surface area contributed by atoms with Gasteiger partial charge in [-0.15, -0.1) is 0 Å². The fourth-order valence-electron chi connectivity index (χ4n) is 5.96. The molecule has 0 saturated heterocycles. The van der Waals surface area contributed by atoms with E-state index < -0.39 is 6.10 Å². The molecule has 0 aliphatic carbocycles. The Bertz CT molecular complexity index is 661. The van der Waals surface area contributed by atoms with Crippen molar-refractivity contribution in [1.82, 2.24) is 0 Å². The van der Waals surface area contributed by atoms with Crippen molar-refractivity contribution >= 4 is 11.9 Å². The zero-order chi connectivity index (χ0) is 33.6. The van der Waals surface area contributed by atoms with Gasteiger partial charge in [-0.1, -0.05) is 180 Å². The number of carbonyl (C=O) groups is 2. The second kappa shape index (κ2) is 38.1. The molecule has 0 spiro atoms. The van der Waals surface area contributed by atoms with E-state index >= 15 is 0 Å². The molecule has 0 unspecified atom stereocenters. The molecule has 0 aliphatic rings. The first-order valence-corrected chi connectivity index (χ1v) is 20.2. The summed E-state index contributed by atoms with van der Waals surface area (Å²) in [4.78, 5) is 24.2. The van der Waals surface area contributed by atoms with Crippen molar-refractivity contribution in [2.75, 3.05) is 13.2 Å². The van der Waals surface area contributed by atoms with Crippen LogP contribution in [0.1, 0.15) is 219 Å². The van der Waals surface area contributed by atoms with E-state index in [1.165, 1.54) is 154 Å². The maximum Gasteiger partial charge on any atom is 0.306 e. The van der Waals surface area contributed by atoms with Gasteiger partial charge in [0.25, 0.3) is 0 Å². The number of hydrogen-bond acceptors (Lipinski definition) is 5. The summed E-state index contributed by atoms with van der Waals surface area (Å²) in [5.74, 6) is -0.585. The molecule has 0 saturated carbocycles. The maximum atomic E-state index is 12.2.